The third kappa shape index (κ3) is 5.40. The van der Waals surface area contributed by atoms with Crippen LogP contribution < -0.4 is 0 Å². The average Bonchev–Trinajstić information content (AvgIpc) is 2.22. The summed E-state index contributed by atoms with van der Waals surface area (Å²) in [6.07, 6.45) is 2.31. The summed E-state index contributed by atoms with van der Waals surface area (Å²) in [5, 5.41) is 0. The predicted molar refractivity (Wildman–Crippen MR) is 56.2 cm³/mol. The molecule has 0 aromatic heterocycles. The SMILES string of the molecule is COC(=O)C(CCCC(C)C)C(=O)OC. The van der Waals surface area contributed by atoms with E-state index in [1.165, 1.54) is 14.2 Å². The number of hydrogen-bond donors (Lipinski definition) is 0. The molecule has 0 heterocycles. The summed E-state index contributed by atoms with van der Waals surface area (Å²) in [6, 6.07) is 0. The van der Waals surface area contributed by atoms with E-state index < -0.39 is 17.9 Å². The average molecular weight is 216 g/mol. The van der Waals surface area contributed by atoms with Crippen molar-refractivity contribution in [2.45, 2.75) is 33.1 Å². The summed E-state index contributed by atoms with van der Waals surface area (Å²) in [5.41, 5.74) is 0. The first-order valence-electron chi connectivity index (χ1n) is 5.18. The highest BCUT2D eigenvalue weighted by molar-refractivity contribution is 5.94. The van der Waals surface area contributed by atoms with Crippen LogP contribution in [0.15, 0.2) is 0 Å². The molecular weight excluding hydrogens is 196 g/mol. The molecule has 0 aromatic rings. The van der Waals surface area contributed by atoms with Crippen LogP contribution >= 0.6 is 0 Å². The minimum Gasteiger partial charge on any atom is -0.468 e. The fraction of sp³-hybridized carbons (Fsp3) is 0.818. The van der Waals surface area contributed by atoms with E-state index in [-0.39, 0.29) is 0 Å². The smallest absolute Gasteiger partial charge is 0.320 e. The van der Waals surface area contributed by atoms with Gasteiger partial charge in [0.2, 0.25) is 0 Å². The van der Waals surface area contributed by atoms with Crippen LogP contribution in [0.1, 0.15) is 33.1 Å². The topological polar surface area (TPSA) is 52.6 Å². The Morgan fingerprint density at radius 3 is 1.80 bits per heavy atom. The van der Waals surface area contributed by atoms with Crippen LogP contribution in [-0.4, -0.2) is 26.2 Å². The minimum absolute atomic E-state index is 0.498. The molecule has 0 spiro atoms. The van der Waals surface area contributed by atoms with Crippen LogP contribution in [0.3, 0.4) is 0 Å². The van der Waals surface area contributed by atoms with Crippen molar-refractivity contribution in [3.05, 3.63) is 0 Å². The summed E-state index contributed by atoms with van der Waals surface area (Å²) in [4.78, 5) is 22.5. The first-order chi connectivity index (χ1) is 7.02. The van der Waals surface area contributed by atoms with Gasteiger partial charge < -0.3 is 9.47 Å². The van der Waals surface area contributed by atoms with Gasteiger partial charge in [-0.1, -0.05) is 26.7 Å². The molecule has 0 saturated carbocycles. The molecular formula is C11H20O4. The molecule has 4 heteroatoms. The molecule has 0 fully saturated rings. The van der Waals surface area contributed by atoms with E-state index in [0.717, 1.165) is 12.8 Å². The van der Waals surface area contributed by atoms with Crippen molar-refractivity contribution in [2.24, 2.45) is 11.8 Å². The molecule has 15 heavy (non-hydrogen) atoms. The van der Waals surface area contributed by atoms with Crippen LogP contribution in [0, 0.1) is 11.8 Å². The number of ether oxygens (including phenoxy) is 2. The molecule has 0 aliphatic heterocycles. The molecule has 0 amide bonds. The van der Waals surface area contributed by atoms with Crippen molar-refractivity contribution >= 4 is 11.9 Å². The van der Waals surface area contributed by atoms with Gasteiger partial charge in [0.25, 0.3) is 0 Å². The molecule has 0 aromatic carbocycles. The second-order valence-corrected chi connectivity index (χ2v) is 3.92. The standard InChI is InChI=1S/C11H20O4/c1-8(2)6-5-7-9(10(12)14-3)11(13)15-4/h8-9H,5-7H2,1-4H3. The Morgan fingerprint density at radius 1 is 1.00 bits per heavy atom. The molecule has 0 N–H and O–H groups in total. The van der Waals surface area contributed by atoms with E-state index >= 15 is 0 Å². The maximum absolute atomic E-state index is 11.3. The second-order valence-electron chi connectivity index (χ2n) is 3.92. The largest absolute Gasteiger partial charge is 0.468 e. The molecule has 4 nitrogen and oxygen atoms in total. The Bertz CT molecular complexity index is 195. The van der Waals surface area contributed by atoms with Gasteiger partial charge in [0.05, 0.1) is 14.2 Å². The molecule has 0 aliphatic carbocycles. The van der Waals surface area contributed by atoms with Crippen molar-refractivity contribution in [2.75, 3.05) is 14.2 Å². The van der Waals surface area contributed by atoms with Gasteiger partial charge in [-0.05, 0) is 12.3 Å². The van der Waals surface area contributed by atoms with Crippen LogP contribution in [-0.2, 0) is 19.1 Å². The molecule has 88 valence electrons. The van der Waals surface area contributed by atoms with Gasteiger partial charge in [-0.2, -0.15) is 0 Å². The highest BCUT2D eigenvalue weighted by atomic mass is 16.5. The number of methoxy groups -OCH3 is 2. The van der Waals surface area contributed by atoms with E-state index in [2.05, 4.69) is 23.3 Å². The molecule has 0 bridgehead atoms. The van der Waals surface area contributed by atoms with Crippen molar-refractivity contribution in [1.82, 2.24) is 0 Å². The minimum atomic E-state index is -0.765. The monoisotopic (exact) mass is 216 g/mol. The lowest BCUT2D eigenvalue weighted by Gasteiger charge is -2.12. The van der Waals surface area contributed by atoms with Gasteiger partial charge in [0.1, 0.15) is 0 Å². The Hall–Kier alpha value is -1.06. The summed E-state index contributed by atoms with van der Waals surface area (Å²) >= 11 is 0. The lowest BCUT2D eigenvalue weighted by Crippen LogP contribution is -2.26. The Kier molecular flexibility index (Phi) is 6.75. The summed E-state index contributed by atoms with van der Waals surface area (Å²) in [7, 11) is 2.56. The fourth-order valence-electron chi connectivity index (χ4n) is 1.35. The predicted octanol–water partition coefficient (Wildman–Crippen LogP) is 1.77. The zero-order valence-corrected chi connectivity index (χ0v) is 9.91. The lowest BCUT2D eigenvalue weighted by atomic mass is 9.98. The highest BCUT2D eigenvalue weighted by Crippen LogP contribution is 2.15. The quantitative estimate of drug-likeness (QED) is 0.501. The van der Waals surface area contributed by atoms with E-state index in [9.17, 15) is 9.59 Å². The lowest BCUT2D eigenvalue weighted by molar-refractivity contribution is -0.159. The van der Waals surface area contributed by atoms with Crippen LogP contribution in [0.5, 0.6) is 0 Å². The van der Waals surface area contributed by atoms with E-state index in [1.807, 2.05) is 0 Å². The fourth-order valence-corrected chi connectivity index (χ4v) is 1.35. The Morgan fingerprint density at radius 2 is 1.47 bits per heavy atom. The molecule has 0 unspecified atom stereocenters. The number of carbonyl (C=O) groups is 2. The van der Waals surface area contributed by atoms with Crippen LogP contribution in [0.4, 0.5) is 0 Å². The van der Waals surface area contributed by atoms with E-state index in [1.54, 1.807) is 0 Å². The number of rotatable bonds is 6. The molecule has 0 rings (SSSR count). The maximum Gasteiger partial charge on any atom is 0.320 e. The van der Waals surface area contributed by atoms with Crippen LogP contribution in [0.25, 0.3) is 0 Å². The van der Waals surface area contributed by atoms with Crippen LogP contribution in [0.2, 0.25) is 0 Å². The van der Waals surface area contributed by atoms with Gasteiger partial charge in [-0.15, -0.1) is 0 Å². The van der Waals surface area contributed by atoms with Crippen molar-refractivity contribution in [3.63, 3.8) is 0 Å². The Labute approximate surface area is 90.9 Å². The first kappa shape index (κ1) is 13.9. The van der Waals surface area contributed by atoms with Gasteiger partial charge in [-0.3, -0.25) is 9.59 Å². The molecule has 0 saturated heterocycles. The molecule has 0 atom stereocenters. The van der Waals surface area contributed by atoms with E-state index in [0.29, 0.717) is 12.3 Å². The second kappa shape index (κ2) is 7.26. The first-order valence-corrected chi connectivity index (χ1v) is 5.18. The van der Waals surface area contributed by atoms with Crippen molar-refractivity contribution in [1.29, 1.82) is 0 Å². The van der Waals surface area contributed by atoms with Gasteiger partial charge in [-0.25, -0.2) is 0 Å². The third-order valence-corrected chi connectivity index (χ3v) is 2.25. The van der Waals surface area contributed by atoms with E-state index in [4.69, 9.17) is 0 Å². The maximum atomic E-state index is 11.3. The number of esters is 2. The zero-order valence-electron chi connectivity index (χ0n) is 9.91. The third-order valence-electron chi connectivity index (χ3n) is 2.25. The number of carbonyl (C=O) groups excluding carboxylic acids is 2. The van der Waals surface area contributed by atoms with Gasteiger partial charge in [0, 0.05) is 0 Å². The van der Waals surface area contributed by atoms with Gasteiger partial charge >= 0.3 is 11.9 Å². The highest BCUT2D eigenvalue weighted by Gasteiger charge is 2.27. The normalized spacial score (nSPS) is 10.5. The summed E-state index contributed by atoms with van der Waals surface area (Å²) in [5.74, 6) is -1.21. The molecule has 0 aliphatic rings. The summed E-state index contributed by atoms with van der Waals surface area (Å²) in [6.45, 7) is 4.20. The zero-order chi connectivity index (χ0) is 11.8. The molecule has 0 radical (unpaired) electrons. The number of hydrogen-bond acceptors (Lipinski definition) is 4. The Balaban J connectivity index is 4.14. The van der Waals surface area contributed by atoms with Crippen molar-refractivity contribution < 1.29 is 19.1 Å². The summed E-state index contributed by atoms with van der Waals surface area (Å²) < 4.78 is 9.11. The van der Waals surface area contributed by atoms with Gasteiger partial charge in [0.15, 0.2) is 5.92 Å². The van der Waals surface area contributed by atoms with Crippen molar-refractivity contribution in [3.8, 4) is 0 Å².